The van der Waals surface area contributed by atoms with E-state index in [-0.39, 0.29) is 11.7 Å². The predicted octanol–water partition coefficient (Wildman–Crippen LogP) is 2.33. The normalized spacial score (nSPS) is 12.4. The Hall–Kier alpha value is -2.17. The first kappa shape index (κ1) is 11.3. The summed E-state index contributed by atoms with van der Waals surface area (Å²) in [4.78, 5) is 10.9. The van der Waals surface area contributed by atoms with Crippen LogP contribution in [0.4, 0.5) is 4.39 Å². The van der Waals surface area contributed by atoms with Crippen LogP contribution in [-0.2, 0) is 0 Å². The van der Waals surface area contributed by atoms with Gasteiger partial charge in [-0.2, -0.15) is 4.39 Å². The molecule has 17 heavy (non-hydrogen) atoms. The summed E-state index contributed by atoms with van der Waals surface area (Å²) in [6.07, 6.45) is 0. The molecule has 4 nitrogen and oxygen atoms in total. The zero-order chi connectivity index (χ0) is 12.4. The largest absolute Gasteiger partial charge is 0.477 e. The Kier molecular flexibility index (Phi) is 2.91. The second-order valence-electron chi connectivity index (χ2n) is 3.69. The number of aromatic nitrogens is 2. The highest BCUT2D eigenvalue weighted by Gasteiger charge is 2.19. The highest BCUT2D eigenvalue weighted by atomic mass is 19.1. The van der Waals surface area contributed by atoms with Crippen LogP contribution < -0.4 is 0 Å². The maximum absolute atomic E-state index is 13.0. The molecule has 0 saturated carbocycles. The van der Waals surface area contributed by atoms with Gasteiger partial charge in [0.2, 0.25) is 5.95 Å². The first-order valence-electron chi connectivity index (χ1n) is 5.13. The van der Waals surface area contributed by atoms with Crippen molar-refractivity contribution < 1.29 is 14.3 Å². The van der Waals surface area contributed by atoms with E-state index in [4.69, 9.17) is 5.11 Å². The number of nitrogens with zero attached hydrogens (tertiary/aromatic N) is 2. The summed E-state index contributed by atoms with van der Waals surface area (Å²) >= 11 is 0. The van der Waals surface area contributed by atoms with E-state index in [9.17, 15) is 9.18 Å². The summed E-state index contributed by atoms with van der Waals surface area (Å²) in [5, 5.41) is 12.5. The fraction of sp³-hybridized carbons (Fsp3) is 0.167. The molecule has 0 radical (unpaired) electrons. The smallest absolute Gasteiger partial charge is 0.354 e. The SMILES string of the molecule is C[C@H](c1ccccc1)n1nc(F)cc1C(=O)O. The molecular weight excluding hydrogens is 223 g/mol. The van der Waals surface area contributed by atoms with Crippen LogP contribution in [0.1, 0.15) is 29.0 Å². The highest BCUT2D eigenvalue weighted by molar-refractivity contribution is 5.85. The first-order chi connectivity index (χ1) is 8.09. The van der Waals surface area contributed by atoms with Gasteiger partial charge >= 0.3 is 5.97 Å². The number of hydrogen-bond acceptors (Lipinski definition) is 2. The van der Waals surface area contributed by atoms with E-state index in [2.05, 4.69) is 5.10 Å². The van der Waals surface area contributed by atoms with Crippen LogP contribution in [0.15, 0.2) is 36.4 Å². The van der Waals surface area contributed by atoms with Gasteiger partial charge in [-0.15, -0.1) is 5.10 Å². The number of hydrogen-bond donors (Lipinski definition) is 1. The molecule has 88 valence electrons. The van der Waals surface area contributed by atoms with Crippen LogP contribution in [0.5, 0.6) is 0 Å². The summed E-state index contributed by atoms with van der Waals surface area (Å²) in [6.45, 7) is 1.77. The Morgan fingerprint density at radius 1 is 1.41 bits per heavy atom. The summed E-state index contributed by atoms with van der Waals surface area (Å²) in [5.74, 6) is -1.98. The van der Waals surface area contributed by atoms with Crippen molar-refractivity contribution in [3.63, 3.8) is 0 Å². The van der Waals surface area contributed by atoms with Gasteiger partial charge in [-0.1, -0.05) is 30.3 Å². The van der Waals surface area contributed by atoms with Crippen LogP contribution in [0.3, 0.4) is 0 Å². The molecule has 0 aliphatic heterocycles. The standard InChI is InChI=1S/C12H11FN2O2/c1-8(9-5-3-2-4-6-9)15-10(12(16)17)7-11(13)14-15/h2-8H,1H3,(H,16,17)/t8-/m1/s1. The molecule has 0 unspecified atom stereocenters. The third-order valence-corrected chi connectivity index (χ3v) is 2.57. The zero-order valence-electron chi connectivity index (χ0n) is 9.17. The molecule has 1 heterocycles. The van der Waals surface area contributed by atoms with Crippen molar-refractivity contribution >= 4 is 5.97 Å². The molecule has 1 atom stereocenters. The van der Waals surface area contributed by atoms with Gasteiger partial charge in [-0.05, 0) is 12.5 Å². The topological polar surface area (TPSA) is 55.1 Å². The van der Waals surface area contributed by atoms with Crippen molar-refractivity contribution in [2.75, 3.05) is 0 Å². The Bertz CT molecular complexity index is 537. The van der Waals surface area contributed by atoms with Gasteiger partial charge in [-0.25, -0.2) is 9.48 Å². The first-order valence-corrected chi connectivity index (χ1v) is 5.13. The fourth-order valence-corrected chi connectivity index (χ4v) is 1.69. The van der Waals surface area contributed by atoms with Gasteiger partial charge < -0.3 is 5.11 Å². The molecule has 0 aliphatic rings. The molecule has 2 rings (SSSR count). The number of carboxylic acid groups (broad SMARTS) is 1. The average molecular weight is 234 g/mol. The van der Waals surface area contributed by atoms with E-state index in [0.29, 0.717) is 0 Å². The minimum atomic E-state index is -1.19. The lowest BCUT2D eigenvalue weighted by Gasteiger charge is -2.13. The number of halogens is 1. The van der Waals surface area contributed by atoms with Crippen molar-refractivity contribution in [1.29, 1.82) is 0 Å². The third kappa shape index (κ3) is 2.18. The van der Waals surface area contributed by atoms with Crippen LogP contribution in [0.2, 0.25) is 0 Å². The van der Waals surface area contributed by atoms with E-state index >= 15 is 0 Å². The Morgan fingerprint density at radius 2 is 2.06 bits per heavy atom. The number of carbonyl (C=O) groups is 1. The number of benzene rings is 1. The maximum atomic E-state index is 13.0. The average Bonchev–Trinajstić information content (AvgIpc) is 2.72. The molecule has 0 aliphatic carbocycles. The molecule has 0 fully saturated rings. The predicted molar refractivity (Wildman–Crippen MR) is 59.4 cm³/mol. The van der Waals surface area contributed by atoms with E-state index in [1.165, 1.54) is 4.68 Å². The van der Waals surface area contributed by atoms with E-state index in [1.54, 1.807) is 6.92 Å². The van der Waals surface area contributed by atoms with Crippen molar-refractivity contribution in [2.24, 2.45) is 0 Å². The fourth-order valence-electron chi connectivity index (χ4n) is 1.69. The van der Waals surface area contributed by atoms with Gasteiger partial charge in [0.1, 0.15) is 5.69 Å². The van der Waals surface area contributed by atoms with Crippen molar-refractivity contribution in [3.8, 4) is 0 Å². The number of carboxylic acids is 1. The van der Waals surface area contributed by atoms with Crippen LogP contribution in [0, 0.1) is 5.95 Å². The lowest BCUT2D eigenvalue weighted by atomic mass is 10.1. The van der Waals surface area contributed by atoms with Gasteiger partial charge in [-0.3, -0.25) is 0 Å². The van der Waals surface area contributed by atoms with Crippen LogP contribution >= 0.6 is 0 Å². The zero-order valence-corrected chi connectivity index (χ0v) is 9.17. The molecule has 0 saturated heterocycles. The number of aromatic carboxylic acids is 1. The molecule has 1 aromatic heterocycles. The van der Waals surface area contributed by atoms with E-state index in [1.807, 2.05) is 30.3 Å². The Morgan fingerprint density at radius 3 is 2.65 bits per heavy atom. The van der Waals surface area contributed by atoms with Gasteiger partial charge in [0.05, 0.1) is 6.04 Å². The van der Waals surface area contributed by atoms with Crippen LogP contribution in [0.25, 0.3) is 0 Å². The second-order valence-corrected chi connectivity index (χ2v) is 3.69. The summed E-state index contributed by atoms with van der Waals surface area (Å²) in [6, 6.07) is 9.82. The molecule has 0 bridgehead atoms. The molecular formula is C12H11FN2O2. The maximum Gasteiger partial charge on any atom is 0.354 e. The molecule has 1 aromatic carbocycles. The van der Waals surface area contributed by atoms with E-state index in [0.717, 1.165) is 11.6 Å². The molecule has 2 aromatic rings. The quantitative estimate of drug-likeness (QED) is 0.886. The lowest BCUT2D eigenvalue weighted by Crippen LogP contribution is -2.15. The second kappa shape index (κ2) is 4.37. The van der Waals surface area contributed by atoms with Crippen molar-refractivity contribution in [3.05, 3.63) is 53.6 Å². The summed E-state index contributed by atoms with van der Waals surface area (Å²) < 4.78 is 14.2. The van der Waals surface area contributed by atoms with Gasteiger partial charge in [0.15, 0.2) is 0 Å². The van der Waals surface area contributed by atoms with Crippen molar-refractivity contribution in [2.45, 2.75) is 13.0 Å². The monoisotopic (exact) mass is 234 g/mol. The Balaban J connectivity index is 2.44. The summed E-state index contributed by atoms with van der Waals surface area (Å²) in [7, 11) is 0. The highest BCUT2D eigenvalue weighted by Crippen LogP contribution is 2.19. The van der Waals surface area contributed by atoms with Crippen LogP contribution in [-0.4, -0.2) is 20.9 Å². The lowest BCUT2D eigenvalue weighted by molar-refractivity contribution is 0.0682. The Labute approximate surface area is 97.3 Å². The third-order valence-electron chi connectivity index (χ3n) is 2.57. The van der Waals surface area contributed by atoms with Gasteiger partial charge in [0, 0.05) is 6.07 Å². The van der Waals surface area contributed by atoms with E-state index < -0.39 is 11.9 Å². The number of rotatable bonds is 3. The minimum Gasteiger partial charge on any atom is -0.477 e. The molecule has 5 heteroatoms. The minimum absolute atomic E-state index is 0.154. The molecule has 1 N–H and O–H groups in total. The van der Waals surface area contributed by atoms with Crippen molar-refractivity contribution in [1.82, 2.24) is 9.78 Å². The molecule has 0 spiro atoms. The van der Waals surface area contributed by atoms with Gasteiger partial charge in [0.25, 0.3) is 0 Å². The summed E-state index contributed by atoms with van der Waals surface area (Å²) in [5.41, 5.74) is 0.719. The molecule has 0 amide bonds.